The molecule has 0 spiro atoms. The first-order valence-electron chi connectivity index (χ1n) is 9.80. The van der Waals surface area contributed by atoms with Gasteiger partial charge in [-0.25, -0.2) is 26.3 Å². The van der Waals surface area contributed by atoms with Crippen LogP contribution >= 0.6 is 31.9 Å². The third-order valence-corrected chi connectivity index (χ3v) is 9.37. The quantitative estimate of drug-likeness (QED) is 0.415. The van der Waals surface area contributed by atoms with Gasteiger partial charge < -0.3 is 0 Å². The van der Waals surface area contributed by atoms with E-state index in [1.165, 1.54) is 24.3 Å². The van der Waals surface area contributed by atoms with Crippen molar-refractivity contribution >= 4 is 51.9 Å². The Balaban J connectivity index is 1.59. The van der Waals surface area contributed by atoms with Gasteiger partial charge in [-0.05, 0) is 72.5 Å². The third kappa shape index (κ3) is 5.16. The Bertz CT molecular complexity index is 1220. The monoisotopic (exact) mass is 598 g/mol. The van der Waals surface area contributed by atoms with Crippen molar-refractivity contribution in [2.75, 3.05) is 0 Å². The molecule has 0 aromatic heterocycles. The number of benzene rings is 3. The van der Waals surface area contributed by atoms with Gasteiger partial charge in [0.1, 0.15) is 0 Å². The Hall–Kier alpha value is -1.56. The number of hydrogen-bond acceptors (Lipinski definition) is 4. The van der Waals surface area contributed by atoms with Crippen LogP contribution in [-0.2, 0) is 20.0 Å². The van der Waals surface area contributed by atoms with E-state index < -0.39 is 32.1 Å². The highest BCUT2D eigenvalue weighted by Crippen LogP contribution is 2.37. The fourth-order valence-corrected chi connectivity index (χ4v) is 6.80. The average Bonchev–Trinajstić information content (AvgIpc) is 2.76. The lowest BCUT2D eigenvalue weighted by atomic mass is 9.85. The van der Waals surface area contributed by atoms with Gasteiger partial charge in [0, 0.05) is 21.0 Å². The zero-order valence-electron chi connectivity index (χ0n) is 16.7. The predicted molar refractivity (Wildman–Crippen MR) is 130 cm³/mol. The van der Waals surface area contributed by atoms with Crippen LogP contribution in [0.2, 0.25) is 0 Å². The second kappa shape index (κ2) is 9.36. The topological polar surface area (TPSA) is 92.3 Å². The van der Waals surface area contributed by atoms with E-state index in [9.17, 15) is 16.8 Å². The summed E-state index contributed by atoms with van der Waals surface area (Å²) in [5, 5.41) is 0. The highest BCUT2D eigenvalue weighted by atomic mass is 79.9. The number of nitrogens with one attached hydrogen (secondary N) is 2. The lowest BCUT2D eigenvalue weighted by molar-refractivity contribution is 0.442. The molecule has 10 heteroatoms. The summed E-state index contributed by atoms with van der Waals surface area (Å²) in [6.45, 7) is 0. The highest BCUT2D eigenvalue weighted by Gasteiger charge is 2.32. The summed E-state index contributed by atoms with van der Waals surface area (Å²) in [6, 6.07) is 19.3. The van der Waals surface area contributed by atoms with Gasteiger partial charge in [-0.15, -0.1) is 0 Å². The molecule has 6 nitrogen and oxygen atoms in total. The number of rotatable bonds is 6. The van der Waals surface area contributed by atoms with E-state index in [1.807, 2.05) is 24.3 Å². The zero-order valence-corrected chi connectivity index (χ0v) is 21.5. The maximum absolute atomic E-state index is 12.9. The van der Waals surface area contributed by atoms with E-state index >= 15 is 0 Å². The first kappa shape index (κ1) is 23.6. The molecule has 4 rings (SSSR count). The van der Waals surface area contributed by atoms with Crippen LogP contribution in [0.4, 0.5) is 0 Å². The van der Waals surface area contributed by atoms with Crippen molar-refractivity contribution in [3.05, 3.63) is 92.9 Å². The van der Waals surface area contributed by atoms with E-state index in [-0.39, 0.29) is 9.79 Å². The van der Waals surface area contributed by atoms with Crippen LogP contribution in [0, 0.1) is 0 Å². The Kier molecular flexibility index (Phi) is 6.90. The van der Waals surface area contributed by atoms with Crippen molar-refractivity contribution in [3.8, 4) is 0 Å². The molecular weight excluding hydrogens is 580 g/mol. The molecule has 2 atom stereocenters. The molecule has 0 heterocycles. The molecule has 32 heavy (non-hydrogen) atoms. The van der Waals surface area contributed by atoms with E-state index in [0.717, 1.165) is 20.1 Å². The molecule has 1 aliphatic rings. The maximum atomic E-state index is 12.9. The summed E-state index contributed by atoms with van der Waals surface area (Å²) in [6.07, 6.45) is 0.917. The molecule has 168 valence electrons. The molecule has 0 amide bonds. The van der Waals surface area contributed by atoms with Gasteiger partial charge in [0.2, 0.25) is 20.0 Å². The lowest BCUT2D eigenvalue weighted by Gasteiger charge is -2.32. The minimum absolute atomic E-state index is 0.177. The van der Waals surface area contributed by atoms with E-state index in [1.54, 1.807) is 24.3 Å². The second-order valence-corrected chi connectivity index (χ2v) is 12.7. The van der Waals surface area contributed by atoms with Crippen molar-refractivity contribution in [1.82, 2.24) is 9.44 Å². The average molecular weight is 600 g/mol. The van der Waals surface area contributed by atoms with Crippen LogP contribution in [0.3, 0.4) is 0 Å². The molecule has 3 aromatic rings. The van der Waals surface area contributed by atoms with Gasteiger partial charge in [0.15, 0.2) is 0 Å². The number of sulfonamides is 2. The van der Waals surface area contributed by atoms with Crippen LogP contribution in [-0.4, -0.2) is 16.8 Å². The van der Waals surface area contributed by atoms with Gasteiger partial charge in [-0.3, -0.25) is 0 Å². The Morgan fingerprint density at radius 1 is 0.594 bits per heavy atom. The van der Waals surface area contributed by atoms with E-state index in [0.29, 0.717) is 12.8 Å². The Morgan fingerprint density at radius 3 is 1.28 bits per heavy atom. The van der Waals surface area contributed by atoms with Crippen molar-refractivity contribution in [2.45, 2.75) is 34.7 Å². The fourth-order valence-electron chi connectivity index (χ4n) is 3.77. The van der Waals surface area contributed by atoms with Gasteiger partial charge in [-0.2, -0.15) is 0 Å². The number of hydrogen-bond donors (Lipinski definition) is 2. The van der Waals surface area contributed by atoms with Crippen LogP contribution in [0.25, 0.3) is 0 Å². The molecular formula is C22H20Br2N2O4S2. The molecule has 0 bridgehead atoms. The summed E-state index contributed by atoms with van der Waals surface area (Å²) in [5.41, 5.74) is 1.53. The third-order valence-electron chi connectivity index (χ3n) is 5.33. The molecule has 0 fully saturated rings. The molecule has 0 saturated carbocycles. The fraction of sp³-hybridized carbons (Fsp3) is 0.182. The van der Waals surface area contributed by atoms with E-state index in [2.05, 4.69) is 41.3 Å². The first-order chi connectivity index (χ1) is 15.2. The van der Waals surface area contributed by atoms with Crippen molar-refractivity contribution in [3.63, 3.8) is 0 Å². The Labute approximate surface area is 204 Å². The lowest BCUT2D eigenvalue weighted by Crippen LogP contribution is -2.36. The highest BCUT2D eigenvalue weighted by molar-refractivity contribution is 9.10. The smallest absolute Gasteiger partial charge is 0.207 e. The van der Waals surface area contributed by atoms with Gasteiger partial charge in [0.05, 0.1) is 9.79 Å². The van der Waals surface area contributed by atoms with Crippen molar-refractivity contribution < 1.29 is 16.8 Å². The summed E-state index contributed by atoms with van der Waals surface area (Å²) in [7, 11) is -7.47. The Morgan fingerprint density at radius 2 is 0.938 bits per heavy atom. The zero-order chi connectivity index (χ0) is 22.9. The summed E-state index contributed by atoms with van der Waals surface area (Å²) in [5.74, 6) is 0. The molecule has 0 aliphatic heterocycles. The molecule has 0 saturated heterocycles. The normalized spacial score (nSPS) is 18.8. The number of halogens is 2. The summed E-state index contributed by atoms with van der Waals surface area (Å²) >= 11 is 6.62. The minimum Gasteiger partial charge on any atom is -0.207 e. The maximum Gasteiger partial charge on any atom is 0.241 e. The largest absolute Gasteiger partial charge is 0.241 e. The molecule has 2 unspecified atom stereocenters. The SMILES string of the molecule is O=S(=O)(NC1CCC(NS(=O)(=O)c2ccc(Br)cc2)c2ccccc21)c1ccc(Br)cc1. The van der Waals surface area contributed by atoms with Crippen LogP contribution in [0.15, 0.2) is 91.5 Å². The van der Waals surface area contributed by atoms with Crippen molar-refractivity contribution in [1.29, 1.82) is 0 Å². The second-order valence-electron chi connectivity index (χ2n) is 7.46. The minimum atomic E-state index is -3.73. The first-order valence-corrected chi connectivity index (χ1v) is 14.4. The molecule has 3 aromatic carbocycles. The molecule has 0 radical (unpaired) electrons. The molecule has 2 N–H and O–H groups in total. The summed E-state index contributed by atoms with van der Waals surface area (Å²) in [4.78, 5) is 0.354. The molecule has 1 aliphatic carbocycles. The van der Waals surface area contributed by atoms with Crippen LogP contribution in [0.1, 0.15) is 36.1 Å². The standard InChI is InChI=1S/C22H20Br2N2O4S2/c23-15-5-9-17(10-6-15)31(27,28)25-21-13-14-22(20-4-2-1-3-19(20)21)26-32(29,30)18-11-7-16(24)8-12-18/h1-12,21-22,25-26H,13-14H2. The van der Waals surface area contributed by atoms with E-state index in [4.69, 9.17) is 0 Å². The van der Waals surface area contributed by atoms with Crippen molar-refractivity contribution in [2.24, 2.45) is 0 Å². The number of fused-ring (bicyclic) bond motifs is 1. The van der Waals surface area contributed by atoms with Gasteiger partial charge in [-0.1, -0.05) is 56.1 Å². The predicted octanol–water partition coefficient (Wildman–Crippen LogP) is 5.04. The van der Waals surface area contributed by atoms with Gasteiger partial charge >= 0.3 is 0 Å². The summed E-state index contributed by atoms with van der Waals surface area (Å²) < 4.78 is 58.8. The van der Waals surface area contributed by atoms with Crippen LogP contribution in [0.5, 0.6) is 0 Å². The van der Waals surface area contributed by atoms with Gasteiger partial charge in [0.25, 0.3) is 0 Å². The van der Waals surface area contributed by atoms with Crippen LogP contribution < -0.4 is 9.44 Å².